The van der Waals surface area contributed by atoms with Crippen molar-refractivity contribution in [3.05, 3.63) is 52.3 Å². The summed E-state index contributed by atoms with van der Waals surface area (Å²) in [5, 5.41) is 10.6. The molecule has 0 amide bonds. The van der Waals surface area contributed by atoms with Crippen LogP contribution < -0.4 is 9.64 Å². The maximum Gasteiger partial charge on any atom is 0.269 e. The van der Waals surface area contributed by atoms with Crippen LogP contribution in [0.4, 0.5) is 11.6 Å². The lowest BCUT2D eigenvalue weighted by Crippen LogP contribution is -2.39. The average molecular weight is 314 g/mol. The summed E-state index contributed by atoms with van der Waals surface area (Å²) in [5.74, 6) is 1.42. The fourth-order valence-corrected chi connectivity index (χ4v) is 2.56. The van der Waals surface area contributed by atoms with Gasteiger partial charge in [-0.25, -0.2) is 9.97 Å². The maximum absolute atomic E-state index is 10.6. The minimum Gasteiger partial charge on any atom is -0.490 e. The van der Waals surface area contributed by atoms with Crippen LogP contribution in [0.25, 0.3) is 0 Å². The van der Waals surface area contributed by atoms with Crippen LogP contribution in [0.15, 0.2) is 36.7 Å². The van der Waals surface area contributed by atoms with Crippen molar-refractivity contribution in [2.75, 3.05) is 18.0 Å². The van der Waals surface area contributed by atoms with Crippen molar-refractivity contribution < 1.29 is 9.66 Å². The Morgan fingerprint density at radius 3 is 2.35 bits per heavy atom. The average Bonchev–Trinajstić information content (AvgIpc) is 2.57. The second-order valence-electron chi connectivity index (χ2n) is 5.62. The molecule has 0 aliphatic carbocycles. The lowest BCUT2D eigenvalue weighted by molar-refractivity contribution is -0.384. The highest BCUT2D eigenvalue weighted by molar-refractivity contribution is 5.36. The first-order valence-corrected chi connectivity index (χ1v) is 7.56. The van der Waals surface area contributed by atoms with E-state index in [4.69, 9.17) is 4.74 Å². The normalized spacial score (nSPS) is 15.4. The largest absolute Gasteiger partial charge is 0.490 e. The second-order valence-corrected chi connectivity index (χ2v) is 5.62. The lowest BCUT2D eigenvalue weighted by Gasteiger charge is -2.32. The number of nitro groups is 1. The van der Waals surface area contributed by atoms with E-state index in [0.29, 0.717) is 5.75 Å². The Bertz CT molecular complexity index is 665. The van der Waals surface area contributed by atoms with E-state index < -0.39 is 4.92 Å². The molecule has 120 valence electrons. The van der Waals surface area contributed by atoms with Gasteiger partial charge in [0, 0.05) is 50.5 Å². The molecule has 0 radical (unpaired) electrons. The molecule has 1 aromatic carbocycles. The van der Waals surface area contributed by atoms with Crippen LogP contribution in [0, 0.1) is 17.0 Å². The van der Waals surface area contributed by atoms with Gasteiger partial charge in [-0.1, -0.05) is 0 Å². The van der Waals surface area contributed by atoms with Crippen LogP contribution in [-0.4, -0.2) is 34.1 Å². The topological polar surface area (TPSA) is 81.4 Å². The molecule has 2 heterocycles. The summed E-state index contributed by atoms with van der Waals surface area (Å²) in [7, 11) is 0. The smallest absolute Gasteiger partial charge is 0.269 e. The fourth-order valence-electron chi connectivity index (χ4n) is 2.56. The van der Waals surface area contributed by atoms with Crippen molar-refractivity contribution in [1.29, 1.82) is 0 Å². The van der Waals surface area contributed by atoms with Crippen LogP contribution in [0.5, 0.6) is 5.75 Å². The van der Waals surface area contributed by atoms with Crippen LogP contribution in [0.1, 0.15) is 18.4 Å². The number of aryl methyl sites for hydroxylation is 1. The van der Waals surface area contributed by atoms with Gasteiger partial charge in [-0.2, -0.15) is 0 Å². The van der Waals surface area contributed by atoms with Gasteiger partial charge in [0.1, 0.15) is 11.9 Å². The van der Waals surface area contributed by atoms with E-state index in [1.54, 1.807) is 12.1 Å². The third-order valence-corrected chi connectivity index (χ3v) is 3.84. The van der Waals surface area contributed by atoms with Gasteiger partial charge in [-0.05, 0) is 24.6 Å². The summed E-state index contributed by atoms with van der Waals surface area (Å²) >= 11 is 0. The number of anilines is 1. The predicted molar refractivity (Wildman–Crippen MR) is 85.7 cm³/mol. The van der Waals surface area contributed by atoms with Crippen LogP contribution in [0.2, 0.25) is 0 Å². The number of aromatic nitrogens is 2. The lowest BCUT2D eigenvalue weighted by atomic mass is 10.1. The molecule has 0 spiro atoms. The predicted octanol–water partition coefficient (Wildman–Crippen LogP) is 2.74. The molecular formula is C16H18N4O3. The summed E-state index contributed by atoms with van der Waals surface area (Å²) in [6.07, 6.45) is 5.49. The molecule has 7 nitrogen and oxygen atoms in total. The van der Waals surface area contributed by atoms with Crippen molar-refractivity contribution in [3.63, 3.8) is 0 Å². The van der Waals surface area contributed by atoms with Crippen molar-refractivity contribution in [3.8, 4) is 5.75 Å². The van der Waals surface area contributed by atoms with Crippen molar-refractivity contribution in [1.82, 2.24) is 9.97 Å². The monoisotopic (exact) mass is 314 g/mol. The van der Waals surface area contributed by atoms with E-state index in [2.05, 4.69) is 14.9 Å². The van der Waals surface area contributed by atoms with Gasteiger partial charge in [-0.15, -0.1) is 0 Å². The van der Waals surface area contributed by atoms with Gasteiger partial charge in [0.15, 0.2) is 0 Å². The molecule has 3 rings (SSSR count). The number of non-ortho nitro benzene ring substituents is 1. The quantitative estimate of drug-likeness (QED) is 0.637. The van der Waals surface area contributed by atoms with Crippen molar-refractivity contribution in [2.24, 2.45) is 0 Å². The zero-order valence-electron chi connectivity index (χ0n) is 12.9. The van der Waals surface area contributed by atoms with Gasteiger partial charge >= 0.3 is 0 Å². The van der Waals surface area contributed by atoms with Gasteiger partial charge in [-0.3, -0.25) is 10.1 Å². The third-order valence-electron chi connectivity index (χ3n) is 3.84. The van der Waals surface area contributed by atoms with E-state index in [9.17, 15) is 10.1 Å². The Kier molecular flexibility index (Phi) is 4.36. The number of piperidine rings is 1. The van der Waals surface area contributed by atoms with E-state index >= 15 is 0 Å². The molecular weight excluding hydrogens is 296 g/mol. The zero-order valence-corrected chi connectivity index (χ0v) is 12.9. The maximum atomic E-state index is 10.6. The zero-order chi connectivity index (χ0) is 16.2. The Morgan fingerprint density at radius 2 is 1.78 bits per heavy atom. The van der Waals surface area contributed by atoms with Crippen LogP contribution in [-0.2, 0) is 0 Å². The molecule has 1 aromatic heterocycles. The number of nitrogens with zero attached hydrogens (tertiary/aromatic N) is 4. The highest BCUT2D eigenvalue weighted by Crippen LogP contribution is 2.23. The molecule has 0 atom stereocenters. The molecule has 1 fully saturated rings. The molecule has 0 unspecified atom stereocenters. The molecule has 2 aromatic rings. The summed E-state index contributed by atoms with van der Waals surface area (Å²) in [6, 6.07) is 6.22. The highest BCUT2D eigenvalue weighted by atomic mass is 16.6. The van der Waals surface area contributed by atoms with E-state index in [0.717, 1.165) is 37.4 Å². The van der Waals surface area contributed by atoms with Crippen molar-refractivity contribution in [2.45, 2.75) is 25.9 Å². The number of hydrogen-bond acceptors (Lipinski definition) is 6. The summed E-state index contributed by atoms with van der Waals surface area (Å²) in [5.41, 5.74) is 1.12. The van der Waals surface area contributed by atoms with Gasteiger partial charge in [0.25, 0.3) is 5.69 Å². The number of nitro benzene ring substituents is 1. The van der Waals surface area contributed by atoms with Crippen molar-refractivity contribution >= 4 is 11.6 Å². The molecule has 0 N–H and O–H groups in total. The summed E-state index contributed by atoms with van der Waals surface area (Å²) in [4.78, 5) is 21.1. The molecule has 1 saturated heterocycles. The summed E-state index contributed by atoms with van der Waals surface area (Å²) in [6.45, 7) is 3.63. The van der Waals surface area contributed by atoms with E-state index in [-0.39, 0.29) is 11.8 Å². The first kappa shape index (κ1) is 15.2. The minimum absolute atomic E-state index is 0.0729. The van der Waals surface area contributed by atoms with Crippen LogP contribution >= 0.6 is 0 Å². The molecule has 23 heavy (non-hydrogen) atoms. The Hall–Kier alpha value is -2.70. The van der Waals surface area contributed by atoms with Gasteiger partial charge in [0.05, 0.1) is 4.92 Å². The standard InChI is InChI=1S/C16H18N4O3/c1-12-10-17-16(18-11-12)19-8-6-15(7-9-19)23-14-4-2-13(3-5-14)20(21)22/h2-5,10-11,15H,6-9H2,1H3. The molecule has 0 saturated carbocycles. The number of ether oxygens (including phenoxy) is 1. The first-order valence-electron chi connectivity index (χ1n) is 7.56. The SMILES string of the molecule is Cc1cnc(N2CCC(Oc3ccc([N+](=O)[O-])cc3)CC2)nc1. The van der Waals surface area contributed by atoms with E-state index in [1.807, 2.05) is 19.3 Å². The molecule has 1 aliphatic heterocycles. The van der Waals surface area contributed by atoms with Crippen LogP contribution in [0.3, 0.4) is 0 Å². The Labute approximate surface area is 134 Å². The summed E-state index contributed by atoms with van der Waals surface area (Å²) < 4.78 is 5.90. The van der Waals surface area contributed by atoms with Gasteiger partial charge in [0.2, 0.25) is 5.95 Å². The fraction of sp³-hybridized carbons (Fsp3) is 0.375. The highest BCUT2D eigenvalue weighted by Gasteiger charge is 2.22. The van der Waals surface area contributed by atoms with Gasteiger partial charge < -0.3 is 9.64 Å². The Balaban J connectivity index is 1.54. The third kappa shape index (κ3) is 3.74. The number of benzene rings is 1. The molecule has 0 bridgehead atoms. The number of hydrogen-bond donors (Lipinski definition) is 0. The minimum atomic E-state index is -0.413. The number of rotatable bonds is 4. The Morgan fingerprint density at radius 1 is 1.17 bits per heavy atom. The molecule has 7 heteroatoms. The second kappa shape index (κ2) is 6.60. The van der Waals surface area contributed by atoms with E-state index in [1.165, 1.54) is 12.1 Å². The molecule has 1 aliphatic rings. The first-order chi connectivity index (χ1) is 11.1.